The number of carbonyl (C=O) groups is 1. The lowest BCUT2D eigenvalue weighted by Gasteiger charge is -2.29. The summed E-state index contributed by atoms with van der Waals surface area (Å²) in [4.78, 5) is 25.6. The van der Waals surface area contributed by atoms with Crippen LogP contribution in [0.3, 0.4) is 0 Å². The van der Waals surface area contributed by atoms with Crippen LogP contribution in [0.5, 0.6) is 5.75 Å². The molecule has 0 aromatic heterocycles. The zero-order valence-corrected chi connectivity index (χ0v) is 16.6. The lowest BCUT2D eigenvalue weighted by molar-refractivity contribution is -0.274. The Balaban J connectivity index is 1.38. The molecule has 6 unspecified atom stereocenters. The number of nitrogens with zero attached hydrogens (tertiary/aromatic N) is 3. The number of nitrogens with two attached hydrogens (primary N) is 1. The maximum absolute atomic E-state index is 12.5. The number of allylic oxidation sites excluding steroid dienone is 1. The average Bonchev–Trinajstić information content (AvgIpc) is 3.42. The molecule has 1 aromatic rings. The molecule has 2 bridgehead atoms. The minimum atomic E-state index is -4.79. The maximum Gasteiger partial charge on any atom is 0.573 e. The molecule has 2 heterocycles. The van der Waals surface area contributed by atoms with E-state index in [0.29, 0.717) is 11.5 Å². The van der Waals surface area contributed by atoms with Crippen LogP contribution in [0.4, 0.5) is 18.9 Å². The molecule has 4 aliphatic rings. The van der Waals surface area contributed by atoms with Gasteiger partial charge in [-0.2, -0.15) is 0 Å². The van der Waals surface area contributed by atoms with Crippen LogP contribution in [0.1, 0.15) is 6.42 Å². The van der Waals surface area contributed by atoms with Gasteiger partial charge in [-0.3, -0.25) is 9.79 Å². The Morgan fingerprint density at radius 1 is 1.28 bits per heavy atom. The van der Waals surface area contributed by atoms with Gasteiger partial charge in [0.1, 0.15) is 17.6 Å². The van der Waals surface area contributed by atoms with E-state index in [9.17, 15) is 18.0 Å². The van der Waals surface area contributed by atoms with Crippen molar-refractivity contribution < 1.29 is 22.7 Å². The van der Waals surface area contributed by atoms with Gasteiger partial charge in [0.15, 0.2) is 6.17 Å². The fourth-order valence-corrected chi connectivity index (χ4v) is 4.66. The van der Waals surface area contributed by atoms with E-state index >= 15 is 0 Å². The Labute approximate surface area is 180 Å². The first-order valence-corrected chi connectivity index (χ1v) is 10.1. The molecule has 9 nitrogen and oxygen atoms in total. The third-order valence-corrected chi connectivity index (χ3v) is 5.95. The number of rotatable bonds is 4. The van der Waals surface area contributed by atoms with Crippen LogP contribution in [0.2, 0.25) is 0 Å². The minimum absolute atomic E-state index is 0.0849. The summed E-state index contributed by atoms with van der Waals surface area (Å²) in [5.74, 6) is -0.113. The van der Waals surface area contributed by atoms with Crippen molar-refractivity contribution in [3.63, 3.8) is 0 Å². The number of benzene rings is 1. The number of primary amides is 1. The molecule has 2 aliphatic heterocycles. The Hall–Kier alpha value is -3.57. The lowest BCUT2D eigenvalue weighted by atomic mass is 9.88. The summed E-state index contributed by atoms with van der Waals surface area (Å²) in [6.07, 6.45) is 1.16. The van der Waals surface area contributed by atoms with Crippen LogP contribution in [0.25, 0.3) is 0 Å². The molecule has 0 spiro atoms. The van der Waals surface area contributed by atoms with Crippen molar-refractivity contribution >= 4 is 29.7 Å². The molecule has 12 heteroatoms. The van der Waals surface area contributed by atoms with Crippen molar-refractivity contribution in [2.24, 2.45) is 38.5 Å². The summed E-state index contributed by atoms with van der Waals surface area (Å²) in [6.45, 7) is 0. The molecule has 1 amide bonds. The summed E-state index contributed by atoms with van der Waals surface area (Å²) in [6, 6.07) is 4.79. The fourth-order valence-electron chi connectivity index (χ4n) is 4.66. The fraction of sp³-hybridized carbons (Fsp3) is 0.400. The van der Waals surface area contributed by atoms with Gasteiger partial charge in [0, 0.05) is 17.7 Å². The number of carbonyl (C=O) groups excluding carboxylic acids is 1. The van der Waals surface area contributed by atoms with Crippen LogP contribution >= 0.6 is 0 Å². The first-order valence-electron chi connectivity index (χ1n) is 10.1. The summed E-state index contributed by atoms with van der Waals surface area (Å²) < 4.78 is 41.5. The molecular formula is C20H20F3N7O2. The molecule has 168 valence electrons. The number of amides is 1. The number of ether oxygens (including phenoxy) is 1. The van der Waals surface area contributed by atoms with Crippen LogP contribution in [0, 0.1) is 17.8 Å². The van der Waals surface area contributed by atoms with Crippen LogP contribution in [0.15, 0.2) is 51.4 Å². The van der Waals surface area contributed by atoms with E-state index in [2.05, 4.69) is 36.7 Å². The highest BCUT2D eigenvalue weighted by atomic mass is 19.4. The number of hydrogen-bond donors (Lipinski definition) is 4. The Kier molecular flexibility index (Phi) is 4.79. The van der Waals surface area contributed by atoms with E-state index in [0.717, 1.165) is 6.42 Å². The standard InChI is InChI=1S/C20H20F3N7O2/c21-20(22,23)32-12-3-1-2-11(7-12)27-19-29-17-15(25-8-26-17)18(30-19)28-14-10-5-4-9(6-10)13(14)16(24)31/h1-5,7-10,13-15,17H,6H2,(H2,24,31)(H,25,26)(H2,27,28,29,30). The Morgan fingerprint density at radius 3 is 2.88 bits per heavy atom. The van der Waals surface area contributed by atoms with Crippen LogP contribution in [-0.2, 0) is 4.79 Å². The number of amidine groups is 1. The summed E-state index contributed by atoms with van der Waals surface area (Å²) >= 11 is 0. The van der Waals surface area contributed by atoms with E-state index in [1.165, 1.54) is 24.5 Å². The minimum Gasteiger partial charge on any atom is -0.406 e. The van der Waals surface area contributed by atoms with Gasteiger partial charge in [-0.25, -0.2) is 9.98 Å². The lowest BCUT2D eigenvalue weighted by Crippen LogP contribution is -2.55. The number of fused-ring (bicyclic) bond motifs is 3. The third kappa shape index (κ3) is 3.87. The molecule has 2 aliphatic carbocycles. The molecular weight excluding hydrogens is 427 g/mol. The van der Waals surface area contributed by atoms with E-state index in [1.54, 1.807) is 6.07 Å². The van der Waals surface area contributed by atoms with Gasteiger partial charge in [0.2, 0.25) is 11.9 Å². The highest BCUT2D eigenvalue weighted by molar-refractivity contribution is 6.10. The molecule has 1 aromatic carbocycles. The van der Waals surface area contributed by atoms with E-state index in [-0.39, 0.29) is 47.5 Å². The number of aliphatic imine (C=N–C) groups is 3. The maximum atomic E-state index is 12.5. The largest absolute Gasteiger partial charge is 0.573 e. The van der Waals surface area contributed by atoms with Gasteiger partial charge in [0.25, 0.3) is 0 Å². The van der Waals surface area contributed by atoms with Gasteiger partial charge < -0.3 is 26.4 Å². The highest BCUT2D eigenvalue weighted by Crippen LogP contribution is 2.45. The van der Waals surface area contributed by atoms with E-state index < -0.39 is 12.5 Å². The Morgan fingerprint density at radius 2 is 2.09 bits per heavy atom. The summed E-state index contributed by atoms with van der Waals surface area (Å²) in [7, 11) is 0. The van der Waals surface area contributed by atoms with Gasteiger partial charge in [-0.1, -0.05) is 18.2 Å². The predicted octanol–water partition coefficient (Wildman–Crippen LogP) is 1.36. The monoisotopic (exact) mass is 447 g/mol. The van der Waals surface area contributed by atoms with Crippen molar-refractivity contribution in [1.82, 2.24) is 10.6 Å². The number of anilines is 1. The van der Waals surface area contributed by atoms with E-state index in [4.69, 9.17) is 10.7 Å². The smallest absolute Gasteiger partial charge is 0.406 e. The average molecular weight is 447 g/mol. The molecule has 32 heavy (non-hydrogen) atoms. The van der Waals surface area contributed by atoms with Crippen molar-refractivity contribution in [3.8, 4) is 5.75 Å². The predicted molar refractivity (Wildman–Crippen MR) is 111 cm³/mol. The number of nitrogens with one attached hydrogen (secondary N) is 3. The quantitative estimate of drug-likeness (QED) is 0.519. The SMILES string of the molecule is NC(=O)C1C2C=CC(C2)C1N=C1NC(Nc2cccc(OC(F)(F)F)c2)=NC2N=CNC12. The second-order valence-electron chi connectivity index (χ2n) is 8.02. The molecule has 1 saturated carbocycles. The summed E-state index contributed by atoms with van der Waals surface area (Å²) in [5.41, 5.74) is 5.98. The molecule has 6 atom stereocenters. The summed E-state index contributed by atoms with van der Waals surface area (Å²) in [5, 5.41) is 9.13. The zero-order chi connectivity index (χ0) is 22.5. The third-order valence-electron chi connectivity index (χ3n) is 5.95. The molecule has 1 fully saturated rings. The van der Waals surface area contributed by atoms with Crippen molar-refractivity contribution in [3.05, 3.63) is 36.4 Å². The van der Waals surface area contributed by atoms with Gasteiger partial charge in [-0.05, 0) is 24.5 Å². The molecule has 5 N–H and O–H groups in total. The van der Waals surface area contributed by atoms with Gasteiger partial charge in [0.05, 0.1) is 18.3 Å². The second kappa shape index (κ2) is 7.53. The molecule has 0 radical (unpaired) electrons. The number of guanidine groups is 1. The van der Waals surface area contributed by atoms with Crippen LogP contribution in [-0.4, -0.2) is 48.7 Å². The van der Waals surface area contributed by atoms with Crippen LogP contribution < -0.4 is 26.4 Å². The first kappa shape index (κ1) is 20.3. The molecule has 5 rings (SSSR count). The molecule has 0 saturated heterocycles. The van der Waals surface area contributed by atoms with Crippen molar-refractivity contribution in [2.45, 2.75) is 31.0 Å². The number of halogens is 3. The van der Waals surface area contributed by atoms with Gasteiger partial charge in [-0.15, -0.1) is 13.2 Å². The number of hydrogen-bond acceptors (Lipinski definition) is 7. The highest BCUT2D eigenvalue weighted by Gasteiger charge is 2.48. The van der Waals surface area contributed by atoms with Crippen molar-refractivity contribution in [1.29, 1.82) is 0 Å². The normalized spacial score (nSPS) is 33.5. The Bertz CT molecular complexity index is 1050. The topological polar surface area (TPSA) is 125 Å². The second-order valence-corrected chi connectivity index (χ2v) is 8.02. The number of alkyl halides is 3. The van der Waals surface area contributed by atoms with E-state index in [1.807, 2.05) is 6.08 Å². The van der Waals surface area contributed by atoms with Crippen molar-refractivity contribution in [2.75, 3.05) is 5.32 Å². The first-order chi connectivity index (χ1) is 15.3. The van der Waals surface area contributed by atoms with Gasteiger partial charge >= 0.3 is 6.36 Å². The zero-order valence-electron chi connectivity index (χ0n) is 16.6.